The molecule has 0 unspecified atom stereocenters. The van der Waals surface area contributed by atoms with E-state index in [1.54, 1.807) is 17.4 Å². The smallest absolute Gasteiger partial charge is 0.140 e. The second-order valence-electron chi connectivity index (χ2n) is 3.71. The number of thiophene rings is 1. The normalized spacial score (nSPS) is 11.3. The van der Waals surface area contributed by atoms with Gasteiger partial charge in [0.15, 0.2) is 0 Å². The maximum Gasteiger partial charge on any atom is 0.140 e. The van der Waals surface area contributed by atoms with Crippen LogP contribution in [0.15, 0.2) is 25.8 Å². The highest BCUT2D eigenvalue weighted by Gasteiger charge is 2.13. The number of benzene rings is 1. The first-order chi connectivity index (χ1) is 8.54. The van der Waals surface area contributed by atoms with Crippen LogP contribution >= 0.6 is 54.8 Å². The highest BCUT2D eigenvalue weighted by atomic mass is 79.9. The summed E-state index contributed by atoms with van der Waals surface area (Å²) in [5, 5.41) is 0.598. The third-order valence-corrected chi connectivity index (χ3v) is 5.05. The summed E-state index contributed by atoms with van der Waals surface area (Å²) < 4.78 is 2.05. The lowest BCUT2D eigenvalue weighted by Gasteiger charge is -1.94. The number of nitrogens with two attached hydrogens (primary N) is 1. The molecular weight excluding hydrogens is 401 g/mol. The summed E-state index contributed by atoms with van der Waals surface area (Å²) in [7, 11) is 0. The number of anilines is 1. The fourth-order valence-corrected chi connectivity index (χ4v) is 4.77. The number of halogens is 3. The number of aromatic nitrogens is 2. The molecule has 7 heteroatoms. The molecule has 0 aliphatic heterocycles. The van der Waals surface area contributed by atoms with Crippen molar-refractivity contribution in [3.63, 3.8) is 0 Å². The number of nitrogens with zero attached hydrogens (tertiary/aromatic N) is 1. The Balaban J connectivity index is 2.25. The Bertz CT molecular complexity index is 750. The molecule has 3 nitrogen and oxygen atoms in total. The number of hydrogen-bond donors (Lipinski definition) is 2. The summed E-state index contributed by atoms with van der Waals surface area (Å²) in [6.45, 7) is 0. The van der Waals surface area contributed by atoms with E-state index in [9.17, 15) is 0 Å². The van der Waals surface area contributed by atoms with Crippen LogP contribution in [0.1, 0.15) is 0 Å². The molecule has 0 fully saturated rings. The lowest BCUT2D eigenvalue weighted by atomic mass is 10.3. The van der Waals surface area contributed by atoms with E-state index in [0.717, 1.165) is 30.0 Å². The monoisotopic (exact) mass is 405 g/mol. The van der Waals surface area contributed by atoms with Crippen LogP contribution in [0, 0.1) is 0 Å². The van der Waals surface area contributed by atoms with Gasteiger partial charge in [-0.05, 0) is 50.1 Å². The zero-order chi connectivity index (χ0) is 12.9. The third kappa shape index (κ3) is 2.07. The number of rotatable bonds is 1. The molecule has 0 saturated carbocycles. The van der Waals surface area contributed by atoms with E-state index >= 15 is 0 Å². The van der Waals surface area contributed by atoms with Crippen LogP contribution in [0.3, 0.4) is 0 Å². The van der Waals surface area contributed by atoms with Crippen molar-refractivity contribution in [2.24, 2.45) is 0 Å². The first kappa shape index (κ1) is 12.5. The summed E-state index contributed by atoms with van der Waals surface area (Å²) in [4.78, 5) is 7.74. The van der Waals surface area contributed by atoms with Crippen LogP contribution in [0.25, 0.3) is 22.4 Å². The predicted molar refractivity (Wildman–Crippen MR) is 84.2 cm³/mol. The standard InChI is InChI=1S/C11H6Br2ClN3S/c12-8-3-5(10(13)18-8)11-16-7-2-4(14)1-6(15)9(7)17-11/h1-3H,15H2,(H,16,17). The second kappa shape index (κ2) is 4.52. The molecule has 0 radical (unpaired) electrons. The maximum absolute atomic E-state index is 5.97. The summed E-state index contributed by atoms with van der Waals surface area (Å²) in [5.41, 5.74) is 9.06. The molecule has 0 amide bonds. The van der Waals surface area contributed by atoms with Crippen LogP contribution in [0.2, 0.25) is 5.02 Å². The van der Waals surface area contributed by atoms with Crippen molar-refractivity contribution in [2.45, 2.75) is 0 Å². The molecule has 0 spiro atoms. The van der Waals surface area contributed by atoms with Gasteiger partial charge in [0.1, 0.15) is 11.3 Å². The van der Waals surface area contributed by atoms with Crippen molar-refractivity contribution in [3.8, 4) is 11.4 Å². The Labute approximate surface area is 129 Å². The van der Waals surface area contributed by atoms with Crippen LogP contribution < -0.4 is 5.73 Å². The minimum absolute atomic E-state index is 0.574. The highest BCUT2D eigenvalue weighted by Crippen LogP contribution is 2.38. The van der Waals surface area contributed by atoms with Crippen molar-refractivity contribution in [1.29, 1.82) is 0 Å². The fourth-order valence-electron chi connectivity index (χ4n) is 1.74. The quantitative estimate of drug-likeness (QED) is 0.555. The molecule has 18 heavy (non-hydrogen) atoms. The number of fused-ring (bicyclic) bond motifs is 1. The van der Waals surface area contributed by atoms with Crippen LogP contribution in [-0.4, -0.2) is 9.97 Å². The molecule has 0 aliphatic rings. The minimum Gasteiger partial charge on any atom is -0.397 e. The van der Waals surface area contributed by atoms with E-state index in [-0.39, 0.29) is 0 Å². The number of nitrogens with one attached hydrogen (secondary N) is 1. The third-order valence-electron chi connectivity index (χ3n) is 2.49. The molecule has 2 heterocycles. The van der Waals surface area contributed by atoms with E-state index in [2.05, 4.69) is 41.8 Å². The topological polar surface area (TPSA) is 54.7 Å². The van der Waals surface area contributed by atoms with Crippen LogP contribution in [-0.2, 0) is 0 Å². The molecule has 2 aromatic heterocycles. The van der Waals surface area contributed by atoms with Crippen molar-refractivity contribution >= 4 is 71.5 Å². The van der Waals surface area contributed by atoms with Crippen LogP contribution in [0.5, 0.6) is 0 Å². The lowest BCUT2D eigenvalue weighted by Crippen LogP contribution is -1.86. The summed E-state index contributed by atoms with van der Waals surface area (Å²) >= 11 is 14.5. The number of aromatic amines is 1. The first-order valence-electron chi connectivity index (χ1n) is 4.94. The van der Waals surface area contributed by atoms with E-state index < -0.39 is 0 Å². The Morgan fingerprint density at radius 2 is 2.06 bits per heavy atom. The zero-order valence-electron chi connectivity index (χ0n) is 8.80. The summed E-state index contributed by atoms with van der Waals surface area (Å²) in [6, 6.07) is 5.52. The number of imidazole rings is 1. The average Bonchev–Trinajstić information content (AvgIpc) is 2.81. The number of H-pyrrole nitrogens is 1. The Hall–Kier alpha value is -0.560. The van der Waals surface area contributed by atoms with Crippen molar-refractivity contribution in [1.82, 2.24) is 9.97 Å². The molecule has 0 atom stereocenters. The molecule has 3 rings (SSSR count). The average molecular weight is 408 g/mol. The molecule has 0 bridgehead atoms. The van der Waals surface area contributed by atoms with Gasteiger partial charge in [-0.1, -0.05) is 11.6 Å². The molecule has 92 valence electrons. The summed E-state index contributed by atoms with van der Waals surface area (Å²) in [6.07, 6.45) is 0. The Morgan fingerprint density at radius 3 is 2.72 bits per heavy atom. The maximum atomic E-state index is 5.97. The number of nitrogen functional groups attached to an aromatic ring is 1. The predicted octanol–water partition coefficient (Wildman–Crippen LogP) is 5.05. The molecule has 0 aliphatic carbocycles. The van der Waals surface area contributed by atoms with Gasteiger partial charge in [0.05, 0.1) is 18.8 Å². The zero-order valence-corrected chi connectivity index (χ0v) is 13.5. The SMILES string of the molecule is Nc1cc(Cl)cc2[nH]c(-c3cc(Br)sc3Br)nc12. The molecular formula is C11H6Br2ClN3S. The second-order valence-corrected chi connectivity index (χ2v) is 7.90. The van der Waals surface area contributed by atoms with E-state index in [0.29, 0.717) is 10.7 Å². The van der Waals surface area contributed by atoms with Crippen LogP contribution in [0.4, 0.5) is 5.69 Å². The van der Waals surface area contributed by atoms with Gasteiger partial charge in [-0.3, -0.25) is 0 Å². The lowest BCUT2D eigenvalue weighted by molar-refractivity contribution is 1.34. The summed E-state index contributed by atoms with van der Waals surface area (Å²) in [5.74, 6) is 0.771. The fraction of sp³-hybridized carbons (Fsp3) is 0. The molecule has 0 saturated heterocycles. The van der Waals surface area contributed by atoms with Gasteiger partial charge >= 0.3 is 0 Å². The van der Waals surface area contributed by atoms with Gasteiger partial charge in [0, 0.05) is 10.6 Å². The Kier molecular flexibility index (Phi) is 3.13. The first-order valence-corrected chi connectivity index (χ1v) is 7.72. The van der Waals surface area contributed by atoms with Gasteiger partial charge < -0.3 is 10.7 Å². The molecule has 3 N–H and O–H groups in total. The molecule has 1 aromatic carbocycles. The van der Waals surface area contributed by atoms with Crippen molar-refractivity contribution in [2.75, 3.05) is 5.73 Å². The Morgan fingerprint density at radius 1 is 1.28 bits per heavy atom. The van der Waals surface area contributed by atoms with E-state index in [4.69, 9.17) is 17.3 Å². The van der Waals surface area contributed by atoms with Gasteiger partial charge in [0.25, 0.3) is 0 Å². The van der Waals surface area contributed by atoms with E-state index in [1.807, 2.05) is 12.1 Å². The largest absolute Gasteiger partial charge is 0.397 e. The minimum atomic E-state index is 0.574. The highest BCUT2D eigenvalue weighted by molar-refractivity contribution is 9.12. The molecule has 3 aromatic rings. The van der Waals surface area contributed by atoms with Crippen molar-refractivity contribution in [3.05, 3.63) is 30.8 Å². The van der Waals surface area contributed by atoms with Crippen molar-refractivity contribution < 1.29 is 0 Å². The van der Waals surface area contributed by atoms with E-state index in [1.165, 1.54) is 0 Å². The van der Waals surface area contributed by atoms with Gasteiger partial charge in [-0.25, -0.2) is 4.98 Å². The van der Waals surface area contributed by atoms with Gasteiger partial charge in [-0.15, -0.1) is 11.3 Å². The van der Waals surface area contributed by atoms with Gasteiger partial charge in [0.2, 0.25) is 0 Å². The van der Waals surface area contributed by atoms with Gasteiger partial charge in [-0.2, -0.15) is 0 Å². The number of hydrogen-bond acceptors (Lipinski definition) is 3.